The van der Waals surface area contributed by atoms with Crippen LogP contribution in [0.4, 0.5) is 0 Å². The molecule has 0 radical (unpaired) electrons. The molecule has 0 fully saturated rings. The van der Waals surface area contributed by atoms with E-state index in [1.54, 1.807) is 14.0 Å². The normalized spacial score (nSPS) is 14.1. The van der Waals surface area contributed by atoms with Gasteiger partial charge in [-0.1, -0.05) is 30.3 Å². The molecule has 0 aromatic heterocycles. The average molecular weight is 236 g/mol. The van der Waals surface area contributed by atoms with E-state index in [1.165, 1.54) is 0 Å². The van der Waals surface area contributed by atoms with Crippen LogP contribution in [-0.2, 0) is 11.2 Å². The van der Waals surface area contributed by atoms with Crippen molar-refractivity contribution in [3.05, 3.63) is 35.9 Å². The molecular weight excluding hydrogens is 216 g/mol. The third kappa shape index (κ3) is 4.97. The Balaban J connectivity index is 2.51. The van der Waals surface area contributed by atoms with Gasteiger partial charge >= 0.3 is 0 Å². The monoisotopic (exact) mass is 236 g/mol. The number of carbonyl (C=O) groups excluding carboxylic acids is 1. The van der Waals surface area contributed by atoms with Gasteiger partial charge in [-0.2, -0.15) is 0 Å². The molecular formula is C13H20N2O2. The maximum absolute atomic E-state index is 11.8. The Morgan fingerprint density at radius 1 is 1.35 bits per heavy atom. The number of hydrogen-bond donors (Lipinski definition) is 3. The first-order valence-corrected chi connectivity index (χ1v) is 5.80. The van der Waals surface area contributed by atoms with Crippen LogP contribution in [0.15, 0.2) is 30.3 Å². The van der Waals surface area contributed by atoms with Crippen molar-refractivity contribution in [3.8, 4) is 0 Å². The van der Waals surface area contributed by atoms with Gasteiger partial charge in [0.2, 0.25) is 5.91 Å². The molecule has 3 N–H and O–H groups in total. The molecule has 1 aromatic rings. The molecule has 0 saturated carbocycles. The Bertz CT molecular complexity index is 339. The lowest BCUT2D eigenvalue weighted by Crippen LogP contribution is -2.45. The van der Waals surface area contributed by atoms with E-state index >= 15 is 0 Å². The summed E-state index contributed by atoms with van der Waals surface area (Å²) in [4.78, 5) is 11.8. The van der Waals surface area contributed by atoms with Crippen molar-refractivity contribution < 1.29 is 9.90 Å². The average Bonchev–Trinajstić information content (AvgIpc) is 2.34. The molecule has 0 bridgehead atoms. The van der Waals surface area contributed by atoms with Crippen LogP contribution >= 0.6 is 0 Å². The van der Waals surface area contributed by atoms with E-state index in [-0.39, 0.29) is 18.5 Å². The Morgan fingerprint density at radius 2 is 2.00 bits per heavy atom. The van der Waals surface area contributed by atoms with E-state index in [9.17, 15) is 4.79 Å². The summed E-state index contributed by atoms with van der Waals surface area (Å²) in [6.45, 7) is 1.93. The van der Waals surface area contributed by atoms with Gasteiger partial charge in [0, 0.05) is 6.54 Å². The molecule has 0 unspecified atom stereocenters. The molecule has 17 heavy (non-hydrogen) atoms. The van der Waals surface area contributed by atoms with Crippen LogP contribution in [0.5, 0.6) is 0 Å². The summed E-state index contributed by atoms with van der Waals surface area (Å²) in [5.41, 5.74) is 1.11. The minimum absolute atomic E-state index is 0.0859. The van der Waals surface area contributed by atoms with Crippen molar-refractivity contribution in [3.63, 3.8) is 0 Å². The first-order valence-electron chi connectivity index (χ1n) is 5.80. The van der Waals surface area contributed by atoms with E-state index in [0.717, 1.165) is 5.56 Å². The fourth-order valence-electron chi connectivity index (χ4n) is 1.55. The van der Waals surface area contributed by atoms with Crippen molar-refractivity contribution in [1.29, 1.82) is 0 Å². The van der Waals surface area contributed by atoms with Crippen molar-refractivity contribution in [2.24, 2.45) is 0 Å². The summed E-state index contributed by atoms with van der Waals surface area (Å²) >= 11 is 0. The number of aliphatic hydroxyl groups excluding tert-OH is 1. The number of hydrogen-bond acceptors (Lipinski definition) is 3. The topological polar surface area (TPSA) is 61.4 Å². The molecule has 1 amide bonds. The fraction of sp³-hybridized carbons (Fsp3) is 0.462. The van der Waals surface area contributed by atoms with Gasteiger partial charge in [0.25, 0.3) is 0 Å². The SMILES string of the molecule is CN[C@H](Cc1ccccc1)C(=O)NC[C@H](C)O. The van der Waals surface area contributed by atoms with Crippen LogP contribution in [0.25, 0.3) is 0 Å². The van der Waals surface area contributed by atoms with Gasteiger partial charge in [0.1, 0.15) is 0 Å². The first kappa shape index (κ1) is 13.7. The van der Waals surface area contributed by atoms with Crippen LogP contribution in [0.3, 0.4) is 0 Å². The number of likely N-dealkylation sites (N-methyl/N-ethyl adjacent to an activating group) is 1. The van der Waals surface area contributed by atoms with E-state index in [1.807, 2.05) is 30.3 Å². The number of rotatable bonds is 6. The first-order chi connectivity index (χ1) is 8.13. The molecule has 0 aliphatic rings. The number of nitrogens with one attached hydrogen (secondary N) is 2. The molecule has 4 nitrogen and oxygen atoms in total. The smallest absolute Gasteiger partial charge is 0.237 e. The Labute approximate surface area is 102 Å². The van der Waals surface area contributed by atoms with E-state index in [2.05, 4.69) is 10.6 Å². The van der Waals surface area contributed by atoms with E-state index in [4.69, 9.17) is 5.11 Å². The van der Waals surface area contributed by atoms with Crippen molar-refractivity contribution >= 4 is 5.91 Å². The molecule has 94 valence electrons. The second kappa shape index (κ2) is 7.04. The largest absolute Gasteiger partial charge is 0.392 e. The Morgan fingerprint density at radius 3 is 2.53 bits per heavy atom. The highest BCUT2D eigenvalue weighted by Crippen LogP contribution is 2.03. The van der Waals surface area contributed by atoms with Gasteiger partial charge in [0.15, 0.2) is 0 Å². The summed E-state index contributed by atoms with van der Waals surface area (Å²) in [7, 11) is 1.76. The summed E-state index contributed by atoms with van der Waals surface area (Å²) < 4.78 is 0. The minimum Gasteiger partial charge on any atom is -0.392 e. The molecule has 0 aliphatic heterocycles. The highest BCUT2D eigenvalue weighted by Gasteiger charge is 2.16. The summed E-state index contributed by atoms with van der Waals surface area (Å²) in [5, 5.41) is 14.8. The van der Waals surface area contributed by atoms with Crippen molar-refractivity contribution in [1.82, 2.24) is 10.6 Å². The molecule has 0 aliphatic carbocycles. The van der Waals surface area contributed by atoms with Crippen LogP contribution in [0.2, 0.25) is 0 Å². The Hall–Kier alpha value is -1.39. The Kier molecular flexibility index (Phi) is 5.66. The zero-order chi connectivity index (χ0) is 12.7. The molecule has 0 saturated heterocycles. The molecule has 2 atom stereocenters. The van der Waals surface area contributed by atoms with Gasteiger partial charge in [0.05, 0.1) is 12.1 Å². The lowest BCUT2D eigenvalue weighted by Gasteiger charge is -2.16. The number of benzene rings is 1. The van der Waals surface area contributed by atoms with Gasteiger partial charge in [-0.05, 0) is 26.0 Å². The second-order valence-electron chi connectivity index (χ2n) is 4.13. The lowest BCUT2D eigenvalue weighted by molar-refractivity contribution is -0.123. The maximum Gasteiger partial charge on any atom is 0.237 e. The standard InChI is InChI=1S/C13H20N2O2/c1-10(16)9-15-13(17)12(14-2)8-11-6-4-3-5-7-11/h3-7,10,12,14,16H,8-9H2,1-2H3,(H,15,17)/t10-,12+/m0/s1. The van der Waals surface area contributed by atoms with Crippen molar-refractivity contribution in [2.75, 3.05) is 13.6 Å². The minimum atomic E-state index is -0.520. The highest BCUT2D eigenvalue weighted by atomic mass is 16.3. The third-order valence-electron chi connectivity index (χ3n) is 2.52. The van der Waals surface area contributed by atoms with Crippen molar-refractivity contribution in [2.45, 2.75) is 25.5 Å². The predicted molar refractivity (Wildman–Crippen MR) is 67.7 cm³/mol. The van der Waals surface area contributed by atoms with E-state index in [0.29, 0.717) is 6.42 Å². The van der Waals surface area contributed by atoms with Gasteiger partial charge < -0.3 is 15.7 Å². The number of amides is 1. The summed E-state index contributed by atoms with van der Waals surface area (Å²) in [6.07, 6.45) is 0.122. The quantitative estimate of drug-likeness (QED) is 0.666. The second-order valence-corrected chi connectivity index (χ2v) is 4.13. The number of carbonyl (C=O) groups is 1. The fourth-order valence-corrected chi connectivity index (χ4v) is 1.55. The zero-order valence-corrected chi connectivity index (χ0v) is 10.3. The maximum atomic E-state index is 11.8. The van der Waals surface area contributed by atoms with Gasteiger partial charge in [-0.3, -0.25) is 4.79 Å². The molecule has 0 spiro atoms. The van der Waals surface area contributed by atoms with Crippen LogP contribution in [0.1, 0.15) is 12.5 Å². The predicted octanol–water partition coefficient (Wildman–Crippen LogP) is 0.314. The summed E-state index contributed by atoms with van der Waals surface area (Å²) in [5.74, 6) is -0.0859. The van der Waals surface area contributed by atoms with E-state index < -0.39 is 6.10 Å². The zero-order valence-electron chi connectivity index (χ0n) is 10.3. The summed E-state index contributed by atoms with van der Waals surface area (Å²) in [6, 6.07) is 9.58. The lowest BCUT2D eigenvalue weighted by atomic mass is 10.1. The molecule has 1 rings (SSSR count). The molecule has 1 aromatic carbocycles. The molecule has 0 heterocycles. The van der Waals surface area contributed by atoms with Crippen LogP contribution in [0, 0.1) is 0 Å². The third-order valence-corrected chi connectivity index (χ3v) is 2.52. The van der Waals surface area contributed by atoms with Gasteiger partial charge in [-0.15, -0.1) is 0 Å². The van der Waals surface area contributed by atoms with Crippen LogP contribution in [-0.4, -0.2) is 36.8 Å². The highest BCUT2D eigenvalue weighted by molar-refractivity contribution is 5.82. The molecule has 4 heteroatoms. The number of aliphatic hydroxyl groups is 1. The van der Waals surface area contributed by atoms with Crippen LogP contribution < -0.4 is 10.6 Å². The van der Waals surface area contributed by atoms with Gasteiger partial charge in [-0.25, -0.2) is 0 Å².